The molecule has 2 saturated heterocycles. The molecule has 3 heterocycles. The van der Waals surface area contributed by atoms with Crippen molar-refractivity contribution in [2.75, 3.05) is 13.1 Å². The van der Waals surface area contributed by atoms with Crippen LogP contribution in [0.1, 0.15) is 63.6 Å². The van der Waals surface area contributed by atoms with E-state index in [1.165, 1.54) is 5.69 Å². The molecule has 1 aromatic heterocycles. The van der Waals surface area contributed by atoms with Gasteiger partial charge in [0.2, 0.25) is 11.8 Å². The zero-order valence-corrected chi connectivity index (χ0v) is 20.4. The molecule has 4 rings (SSSR count). The lowest BCUT2D eigenvalue weighted by molar-refractivity contribution is -0.144. The number of nitrogen functional groups attached to an aromatic ring is 1. The predicted octanol–water partition coefficient (Wildman–Crippen LogP) is 2.60. The number of carbonyl (C=O) groups excluding carboxylic acids is 2. The molecule has 8 nitrogen and oxygen atoms in total. The zero-order valence-electron chi connectivity index (χ0n) is 20.4. The Labute approximate surface area is 201 Å². The van der Waals surface area contributed by atoms with Gasteiger partial charge in [0, 0.05) is 54.9 Å². The Kier molecular flexibility index (Phi) is 7.26. The summed E-state index contributed by atoms with van der Waals surface area (Å²) < 4.78 is 2.29. The number of fused-ring (bicyclic) bond motifs is 1. The fraction of sp³-hybridized carbons (Fsp3) is 0.577. The second-order valence-electron chi connectivity index (χ2n) is 9.86. The Morgan fingerprint density at radius 3 is 2.59 bits per heavy atom. The number of nitrogens with two attached hydrogens (primary N) is 2. The van der Waals surface area contributed by atoms with E-state index in [4.69, 9.17) is 16.9 Å². The van der Waals surface area contributed by atoms with Gasteiger partial charge in [-0.1, -0.05) is 12.1 Å². The second-order valence-corrected chi connectivity index (χ2v) is 9.86. The molecule has 3 atom stereocenters. The molecular weight excluding hydrogens is 428 g/mol. The number of hydrogen-bond donors (Lipinski definition) is 3. The van der Waals surface area contributed by atoms with Crippen LogP contribution in [-0.2, 0) is 22.6 Å². The number of aryl methyl sites for hydroxylation is 2. The van der Waals surface area contributed by atoms with Crippen LogP contribution >= 0.6 is 0 Å². The van der Waals surface area contributed by atoms with Crippen LogP contribution in [0.25, 0.3) is 10.9 Å². The van der Waals surface area contributed by atoms with Gasteiger partial charge in [-0.3, -0.25) is 15.0 Å². The second kappa shape index (κ2) is 10.2. The van der Waals surface area contributed by atoms with E-state index in [9.17, 15) is 9.59 Å². The van der Waals surface area contributed by atoms with Gasteiger partial charge in [0.05, 0.1) is 0 Å². The van der Waals surface area contributed by atoms with E-state index in [1.54, 1.807) is 4.90 Å². The minimum absolute atomic E-state index is 0.000935. The fourth-order valence-corrected chi connectivity index (χ4v) is 5.71. The minimum Gasteiger partial charge on any atom is -0.384 e. The zero-order chi connectivity index (χ0) is 24.4. The standard InChI is InChI=1S/C26H38N6O2/c1-3-30-21(15-18-8-9-19(25(28)29)16-23(18)30)11-10-20-6-4-12-31(20)26(34)22-7-5-13-32(22)24(33)14-17(2)27/h8-9,15-17,20,22H,3-7,10-14,27H2,1-2H3,(H3,28,29)/t17-,20?,22+/m1/s1. The van der Waals surface area contributed by atoms with E-state index in [2.05, 4.69) is 17.6 Å². The third-order valence-electron chi connectivity index (χ3n) is 7.37. The van der Waals surface area contributed by atoms with Crippen molar-refractivity contribution in [1.82, 2.24) is 14.4 Å². The van der Waals surface area contributed by atoms with Crippen molar-refractivity contribution >= 4 is 28.6 Å². The molecular formula is C26H38N6O2. The number of carbonyl (C=O) groups is 2. The van der Waals surface area contributed by atoms with Gasteiger partial charge in [-0.2, -0.15) is 0 Å². The first-order valence-corrected chi connectivity index (χ1v) is 12.6. The molecule has 34 heavy (non-hydrogen) atoms. The summed E-state index contributed by atoms with van der Waals surface area (Å²) >= 11 is 0. The Hall–Kier alpha value is -2.87. The van der Waals surface area contributed by atoms with Crippen molar-refractivity contribution in [2.24, 2.45) is 11.5 Å². The van der Waals surface area contributed by atoms with Gasteiger partial charge in [0.1, 0.15) is 11.9 Å². The fourth-order valence-electron chi connectivity index (χ4n) is 5.71. The van der Waals surface area contributed by atoms with Crippen LogP contribution in [0.4, 0.5) is 0 Å². The van der Waals surface area contributed by atoms with Crippen LogP contribution in [0, 0.1) is 5.41 Å². The van der Waals surface area contributed by atoms with Crippen molar-refractivity contribution in [3.63, 3.8) is 0 Å². The number of hydrogen-bond acceptors (Lipinski definition) is 4. The van der Waals surface area contributed by atoms with E-state index < -0.39 is 0 Å². The highest BCUT2D eigenvalue weighted by atomic mass is 16.2. The number of nitrogens with one attached hydrogen (secondary N) is 1. The van der Waals surface area contributed by atoms with Gasteiger partial charge < -0.3 is 25.8 Å². The summed E-state index contributed by atoms with van der Waals surface area (Å²) in [6.45, 7) is 6.22. The van der Waals surface area contributed by atoms with Gasteiger partial charge in [-0.15, -0.1) is 0 Å². The number of nitrogens with zero attached hydrogens (tertiary/aromatic N) is 3. The third kappa shape index (κ3) is 4.82. The number of rotatable bonds is 8. The Morgan fingerprint density at radius 1 is 1.15 bits per heavy atom. The smallest absolute Gasteiger partial charge is 0.245 e. The van der Waals surface area contributed by atoms with Crippen LogP contribution in [0.15, 0.2) is 24.3 Å². The molecule has 0 aliphatic carbocycles. The van der Waals surface area contributed by atoms with Crippen molar-refractivity contribution < 1.29 is 9.59 Å². The molecule has 0 spiro atoms. The largest absolute Gasteiger partial charge is 0.384 e. The van der Waals surface area contributed by atoms with Crippen LogP contribution < -0.4 is 11.5 Å². The molecule has 2 aliphatic rings. The van der Waals surface area contributed by atoms with Crippen molar-refractivity contribution in [3.05, 3.63) is 35.5 Å². The Bertz CT molecular complexity index is 1070. The summed E-state index contributed by atoms with van der Waals surface area (Å²) in [6.07, 6.45) is 5.71. The van der Waals surface area contributed by atoms with Crippen molar-refractivity contribution in [1.29, 1.82) is 5.41 Å². The lowest BCUT2D eigenvalue weighted by Crippen LogP contribution is -2.50. The average Bonchev–Trinajstić information content (AvgIpc) is 3.53. The molecule has 184 valence electrons. The lowest BCUT2D eigenvalue weighted by atomic mass is 10.1. The van der Waals surface area contributed by atoms with Crippen LogP contribution in [0.2, 0.25) is 0 Å². The first-order valence-electron chi connectivity index (χ1n) is 12.6. The van der Waals surface area contributed by atoms with E-state index in [-0.39, 0.29) is 35.8 Å². The summed E-state index contributed by atoms with van der Waals surface area (Å²) in [5.41, 5.74) is 14.6. The number of amidine groups is 1. The molecule has 0 radical (unpaired) electrons. The Morgan fingerprint density at radius 2 is 1.88 bits per heavy atom. The molecule has 0 bridgehead atoms. The number of likely N-dealkylation sites (tertiary alicyclic amines) is 2. The van der Waals surface area contributed by atoms with E-state index in [0.717, 1.165) is 68.1 Å². The maximum Gasteiger partial charge on any atom is 0.245 e. The highest BCUT2D eigenvalue weighted by Crippen LogP contribution is 2.29. The highest BCUT2D eigenvalue weighted by molar-refractivity contribution is 5.98. The summed E-state index contributed by atoms with van der Waals surface area (Å²) in [5, 5.41) is 8.90. The van der Waals surface area contributed by atoms with Crippen molar-refractivity contribution in [3.8, 4) is 0 Å². The normalized spacial score (nSPS) is 21.4. The molecule has 2 aliphatic heterocycles. The average molecular weight is 467 g/mol. The van der Waals surface area contributed by atoms with Crippen LogP contribution in [0.3, 0.4) is 0 Å². The van der Waals surface area contributed by atoms with Crippen molar-refractivity contribution in [2.45, 2.75) is 83.5 Å². The molecule has 8 heteroatoms. The first-order chi connectivity index (χ1) is 16.3. The summed E-state index contributed by atoms with van der Waals surface area (Å²) in [5.74, 6) is 0.187. The van der Waals surface area contributed by atoms with E-state index in [1.807, 2.05) is 30.0 Å². The highest BCUT2D eigenvalue weighted by Gasteiger charge is 2.39. The molecule has 2 fully saturated rings. The van der Waals surface area contributed by atoms with Gasteiger partial charge in [-0.25, -0.2) is 0 Å². The third-order valence-corrected chi connectivity index (χ3v) is 7.37. The molecule has 1 unspecified atom stereocenters. The molecule has 1 aromatic carbocycles. The number of benzene rings is 1. The van der Waals surface area contributed by atoms with Gasteiger partial charge in [-0.05, 0) is 69.9 Å². The molecule has 2 amide bonds. The van der Waals surface area contributed by atoms with Crippen LogP contribution in [0.5, 0.6) is 0 Å². The van der Waals surface area contributed by atoms with E-state index in [0.29, 0.717) is 13.0 Å². The maximum absolute atomic E-state index is 13.5. The van der Waals surface area contributed by atoms with Gasteiger partial charge in [0.15, 0.2) is 0 Å². The summed E-state index contributed by atoms with van der Waals surface area (Å²) in [6, 6.07) is 7.81. The SMILES string of the molecule is CCn1c(CCC2CCCN2C(=O)[C@@H]2CCCN2C(=O)C[C@@H](C)N)cc2ccc(C(=N)N)cc21. The number of amides is 2. The predicted molar refractivity (Wildman–Crippen MR) is 135 cm³/mol. The quantitative estimate of drug-likeness (QED) is 0.409. The topological polar surface area (TPSA) is 121 Å². The summed E-state index contributed by atoms with van der Waals surface area (Å²) in [7, 11) is 0. The molecule has 5 N–H and O–H groups in total. The van der Waals surface area contributed by atoms with Gasteiger partial charge in [0.25, 0.3) is 0 Å². The maximum atomic E-state index is 13.5. The van der Waals surface area contributed by atoms with Gasteiger partial charge >= 0.3 is 0 Å². The number of aromatic nitrogens is 1. The molecule has 2 aromatic rings. The monoisotopic (exact) mass is 466 g/mol. The molecule has 0 saturated carbocycles. The minimum atomic E-state index is -0.334. The first kappa shape index (κ1) is 24.3. The van der Waals surface area contributed by atoms with E-state index >= 15 is 0 Å². The Balaban J connectivity index is 1.46. The lowest BCUT2D eigenvalue weighted by Gasteiger charge is -2.32. The summed E-state index contributed by atoms with van der Waals surface area (Å²) in [4.78, 5) is 30.0. The van der Waals surface area contributed by atoms with Crippen LogP contribution in [-0.4, -0.2) is 63.2 Å².